The van der Waals surface area contributed by atoms with Crippen LogP contribution in [0.15, 0.2) is 23.7 Å². The molecule has 2 saturated carbocycles. The standard InChI is InChI=1S/C22H38O/c1-5-21(17(3)19-13-9-7-10-14-19)23-22(6-2)18(4)20-15-11-8-12-16-20/h5-6,17-20H,7-16H2,1-4H3. The van der Waals surface area contributed by atoms with Crippen LogP contribution in [-0.4, -0.2) is 0 Å². The lowest BCUT2D eigenvalue weighted by molar-refractivity contribution is 0.151. The molecule has 2 fully saturated rings. The highest BCUT2D eigenvalue weighted by atomic mass is 16.5. The van der Waals surface area contributed by atoms with Crippen LogP contribution in [-0.2, 0) is 4.74 Å². The van der Waals surface area contributed by atoms with Crippen molar-refractivity contribution in [3.05, 3.63) is 23.7 Å². The Hall–Kier alpha value is -0.720. The van der Waals surface area contributed by atoms with Crippen molar-refractivity contribution >= 4 is 0 Å². The Morgan fingerprint density at radius 1 is 0.696 bits per heavy atom. The van der Waals surface area contributed by atoms with Crippen molar-refractivity contribution in [2.75, 3.05) is 0 Å². The summed E-state index contributed by atoms with van der Waals surface area (Å²) in [6.07, 6.45) is 18.4. The summed E-state index contributed by atoms with van der Waals surface area (Å²) < 4.78 is 6.50. The fourth-order valence-electron chi connectivity index (χ4n) is 4.70. The van der Waals surface area contributed by atoms with E-state index in [1.165, 1.54) is 75.7 Å². The first-order valence-electron chi connectivity index (χ1n) is 10.2. The van der Waals surface area contributed by atoms with Gasteiger partial charge in [0.05, 0.1) is 0 Å². The summed E-state index contributed by atoms with van der Waals surface area (Å²) >= 11 is 0. The third-order valence-corrected chi connectivity index (χ3v) is 6.42. The predicted octanol–water partition coefficient (Wildman–Crippen LogP) is 7.24. The molecule has 1 nitrogen and oxygen atoms in total. The van der Waals surface area contributed by atoms with E-state index >= 15 is 0 Å². The second-order valence-electron chi connectivity index (χ2n) is 7.86. The first-order valence-corrected chi connectivity index (χ1v) is 10.2. The Balaban J connectivity index is 1.97. The van der Waals surface area contributed by atoms with Gasteiger partial charge in [-0.2, -0.15) is 0 Å². The largest absolute Gasteiger partial charge is 0.466 e. The maximum atomic E-state index is 6.50. The van der Waals surface area contributed by atoms with Gasteiger partial charge in [0, 0.05) is 11.8 Å². The van der Waals surface area contributed by atoms with E-state index in [9.17, 15) is 0 Å². The molecule has 2 unspecified atom stereocenters. The summed E-state index contributed by atoms with van der Waals surface area (Å²) in [6, 6.07) is 0. The molecule has 2 rings (SSSR count). The molecule has 23 heavy (non-hydrogen) atoms. The minimum Gasteiger partial charge on any atom is -0.466 e. The van der Waals surface area contributed by atoms with Gasteiger partial charge in [-0.15, -0.1) is 0 Å². The third kappa shape index (κ3) is 5.13. The molecule has 0 bridgehead atoms. The smallest absolute Gasteiger partial charge is 0.102 e. The van der Waals surface area contributed by atoms with Crippen LogP contribution in [0, 0.1) is 23.7 Å². The summed E-state index contributed by atoms with van der Waals surface area (Å²) in [7, 11) is 0. The second kappa shape index (κ2) is 9.55. The molecule has 2 atom stereocenters. The van der Waals surface area contributed by atoms with Gasteiger partial charge < -0.3 is 4.74 Å². The van der Waals surface area contributed by atoms with Crippen molar-refractivity contribution in [3.8, 4) is 0 Å². The lowest BCUT2D eigenvalue weighted by Crippen LogP contribution is -2.22. The van der Waals surface area contributed by atoms with E-state index in [2.05, 4.69) is 39.8 Å². The molecule has 0 aromatic rings. The monoisotopic (exact) mass is 318 g/mol. The van der Waals surface area contributed by atoms with E-state index < -0.39 is 0 Å². The van der Waals surface area contributed by atoms with Gasteiger partial charge in [-0.1, -0.05) is 52.4 Å². The molecule has 0 spiro atoms. The van der Waals surface area contributed by atoms with E-state index in [1.807, 2.05) is 0 Å². The van der Waals surface area contributed by atoms with Crippen LogP contribution in [0.3, 0.4) is 0 Å². The molecule has 0 amide bonds. The van der Waals surface area contributed by atoms with E-state index in [0.29, 0.717) is 11.8 Å². The van der Waals surface area contributed by atoms with Gasteiger partial charge in [0.15, 0.2) is 0 Å². The number of hydrogen-bond acceptors (Lipinski definition) is 1. The van der Waals surface area contributed by atoms with Gasteiger partial charge in [0.25, 0.3) is 0 Å². The number of rotatable bonds is 6. The lowest BCUT2D eigenvalue weighted by Gasteiger charge is -2.33. The minimum atomic E-state index is 0.564. The van der Waals surface area contributed by atoms with Crippen molar-refractivity contribution in [3.63, 3.8) is 0 Å². The predicted molar refractivity (Wildman–Crippen MR) is 100 cm³/mol. The average molecular weight is 319 g/mol. The topological polar surface area (TPSA) is 9.23 Å². The van der Waals surface area contributed by atoms with Gasteiger partial charge in [-0.3, -0.25) is 0 Å². The van der Waals surface area contributed by atoms with Gasteiger partial charge in [-0.25, -0.2) is 0 Å². The summed E-state index contributed by atoms with van der Waals surface area (Å²) in [5.74, 6) is 5.19. The quantitative estimate of drug-likeness (QED) is 0.469. The zero-order valence-corrected chi connectivity index (χ0v) is 15.9. The Kier molecular flexibility index (Phi) is 7.73. The van der Waals surface area contributed by atoms with Crippen LogP contribution in [0.1, 0.15) is 91.9 Å². The Morgan fingerprint density at radius 2 is 1.04 bits per heavy atom. The molecule has 2 aliphatic rings. The molecule has 0 radical (unpaired) electrons. The van der Waals surface area contributed by atoms with Crippen LogP contribution in [0.4, 0.5) is 0 Å². The Morgan fingerprint density at radius 3 is 1.35 bits per heavy atom. The van der Waals surface area contributed by atoms with E-state index in [-0.39, 0.29) is 0 Å². The zero-order valence-electron chi connectivity index (χ0n) is 15.9. The zero-order chi connectivity index (χ0) is 16.7. The fourth-order valence-corrected chi connectivity index (χ4v) is 4.70. The molecule has 0 aliphatic heterocycles. The third-order valence-electron chi connectivity index (χ3n) is 6.42. The summed E-state index contributed by atoms with van der Waals surface area (Å²) in [5.41, 5.74) is 0. The molecule has 132 valence electrons. The summed E-state index contributed by atoms with van der Waals surface area (Å²) in [5, 5.41) is 0. The molecule has 0 aromatic heterocycles. The van der Waals surface area contributed by atoms with E-state index in [1.54, 1.807) is 0 Å². The van der Waals surface area contributed by atoms with Crippen molar-refractivity contribution in [2.24, 2.45) is 23.7 Å². The molecule has 0 heterocycles. The first-order chi connectivity index (χ1) is 11.2. The van der Waals surface area contributed by atoms with Crippen LogP contribution in [0.25, 0.3) is 0 Å². The van der Waals surface area contributed by atoms with Gasteiger partial charge >= 0.3 is 0 Å². The number of hydrogen-bond donors (Lipinski definition) is 0. The first kappa shape index (κ1) is 18.6. The van der Waals surface area contributed by atoms with Crippen LogP contribution >= 0.6 is 0 Å². The SMILES string of the molecule is CC=C(OC(=CC)C(C)C1CCCCC1)C(C)C1CCCCC1. The van der Waals surface area contributed by atoms with Crippen molar-refractivity contribution in [1.29, 1.82) is 0 Å². The highest BCUT2D eigenvalue weighted by Crippen LogP contribution is 2.38. The Bertz CT molecular complexity index is 356. The number of allylic oxidation sites excluding steroid dienone is 4. The summed E-state index contributed by atoms with van der Waals surface area (Å²) in [4.78, 5) is 0. The molecular formula is C22H38O. The molecule has 0 aromatic carbocycles. The van der Waals surface area contributed by atoms with Crippen molar-refractivity contribution in [2.45, 2.75) is 91.9 Å². The number of ether oxygens (including phenoxy) is 1. The molecule has 1 heteroatoms. The maximum Gasteiger partial charge on any atom is 0.102 e. The average Bonchev–Trinajstić information content (AvgIpc) is 2.63. The molecule has 2 aliphatic carbocycles. The normalized spacial score (nSPS) is 25.2. The van der Waals surface area contributed by atoms with E-state index in [0.717, 1.165) is 11.8 Å². The highest BCUT2D eigenvalue weighted by Gasteiger charge is 2.28. The van der Waals surface area contributed by atoms with Crippen molar-refractivity contribution < 1.29 is 4.74 Å². The van der Waals surface area contributed by atoms with Gasteiger partial charge in [-0.05, 0) is 63.5 Å². The van der Waals surface area contributed by atoms with E-state index in [4.69, 9.17) is 4.74 Å². The van der Waals surface area contributed by atoms with Crippen molar-refractivity contribution in [1.82, 2.24) is 0 Å². The summed E-state index contributed by atoms with van der Waals surface area (Å²) in [6.45, 7) is 9.05. The van der Waals surface area contributed by atoms with Gasteiger partial charge in [0.1, 0.15) is 11.5 Å². The molecule has 0 saturated heterocycles. The minimum absolute atomic E-state index is 0.564. The molecular weight excluding hydrogens is 280 g/mol. The maximum absolute atomic E-state index is 6.50. The second-order valence-corrected chi connectivity index (χ2v) is 7.86. The van der Waals surface area contributed by atoms with Crippen LogP contribution in [0.2, 0.25) is 0 Å². The van der Waals surface area contributed by atoms with Crippen LogP contribution < -0.4 is 0 Å². The molecule has 0 N–H and O–H groups in total. The fraction of sp³-hybridized carbons (Fsp3) is 0.818. The lowest BCUT2D eigenvalue weighted by atomic mass is 9.79. The highest BCUT2D eigenvalue weighted by molar-refractivity contribution is 5.07. The Labute approximate surface area is 144 Å². The van der Waals surface area contributed by atoms with Gasteiger partial charge in [0.2, 0.25) is 0 Å². The van der Waals surface area contributed by atoms with Crippen LogP contribution in [0.5, 0.6) is 0 Å².